The molecule has 0 spiro atoms. The molecule has 0 saturated heterocycles. The van der Waals surface area contributed by atoms with Crippen LogP contribution in [0.3, 0.4) is 0 Å². The minimum absolute atomic E-state index is 0. The zero-order valence-corrected chi connectivity index (χ0v) is 10.0. The molecule has 15 heavy (non-hydrogen) atoms. The van der Waals surface area contributed by atoms with Gasteiger partial charge in [-0.2, -0.15) is 0 Å². The van der Waals surface area contributed by atoms with Crippen LogP contribution in [-0.2, 0) is 0 Å². The highest BCUT2D eigenvalue weighted by atomic mass is 79.9. The SMILES string of the molecule is Cl.O=C(O)c1cccc2c(Br)cccc12. The van der Waals surface area contributed by atoms with E-state index in [0.29, 0.717) is 5.56 Å². The summed E-state index contributed by atoms with van der Waals surface area (Å²) >= 11 is 3.39. The minimum Gasteiger partial charge on any atom is -0.478 e. The molecule has 0 radical (unpaired) electrons. The summed E-state index contributed by atoms with van der Waals surface area (Å²) < 4.78 is 0.915. The maximum Gasteiger partial charge on any atom is 0.336 e. The van der Waals surface area contributed by atoms with Crippen molar-refractivity contribution in [3.8, 4) is 0 Å². The molecule has 78 valence electrons. The fourth-order valence-electron chi connectivity index (χ4n) is 1.46. The molecule has 2 nitrogen and oxygen atoms in total. The fourth-order valence-corrected chi connectivity index (χ4v) is 1.96. The average Bonchev–Trinajstić information content (AvgIpc) is 2.17. The van der Waals surface area contributed by atoms with E-state index in [1.165, 1.54) is 0 Å². The molecule has 0 aromatic heterocycles. The lowest BCUT2D eigenvalue weighted by molar-refractivity contribution is 0.0699. The van der Waals surface area contributed by atoms with Crippen LogP contribution in [0.1, 0.15) is 10.4 Å². The van der Waals surface area contributed by atoms with E-state index in [0.717, 1.165) is 15.2 Å². The molecule has 0 aliphatic carbocycles. The van der Waals surface area contributed by atoms with E-state index in [4.69, 9.17) is 5.11 Å². The zero-order chi connectivity index (χ0) is 10.1. The molecule has 0 fully saturated rings. The van der Waals surface area contributed by atoms with Gasteiger partial charge < -0.3 is 5.11 Å². The molecular formula is C11H8BrClO2. The molecule has 0 aliphatic heterocycles. The summed E-state index contributed by atoms with van der Waals surface area (Å²) in [5.41, 5.74) is 0.337. The van der Waals surface area contributed by atoms with Crippen LogP contribution in [0.2, 0.25) is 0 Å². The topological polar surface area (TPSA) is 37.3 Å². The van der Waals surface area contributed by atoms with Gasteiger partial charge in [0, 0.05) is 4.47 Å². The van der Waals surface area contributed by atoms with Gasteiger partial charge in [-0.1, -0.05) is 40.2 Å². The number of carboxylic acids is 1. The Labute approximate surface area is 101 Å². The van der Waals surface area contributed by atoms with E-state index >= 15 is 0 Å². The van der Waals surface area contributed by atoms with Crippen LogP contribution in [0.5, 0.6) is 0 Å². The number of benzene rings is 2. The summed E-state index contributed by atoms with van der Waals surface area (Å²) in [6.45, 7) is 0. The third-order valence-electron chi connectivity index (χ3n) is 2.10. The third-order valence-corrected chi connectivity index (χ3v) is 2.79. The van der Waals surface area contributed by atoms with E-state index in [1.54, 1.807) is 12.1 Å². The van der Waals surface area contributed by atoms with Crippen molar-refractivity contribution in [3.63, 3.8) is 0 Å². The van der Waals surface area contributed by atoms with Crippen LogP contribution in [0.15, 0.2) is 40.9 Å². The van der Waals surface area contributed by atoms with Gasteiger partial charge in [0.2, 0.25) is 0 Å². The highest BCUT2D eigenvalue weighted by Crippen LogP contribution is 2.26. The third kappa shape index (κ3) is 2.13. The second-order valence-corrected chi connectivity index (χ2v) is 3.80. The smallest absolute Gasteiger partial charge is 0.336 e. The molecule has 4 heteroatoms. The number of carboxylic acid groups (broad SMARTS) is 1. The first kappa shape index (κ1) is 12.0. The second-order valence-electron chi connectivity index (χ2n) is 2.95. The molecule has 0 atom stereocenters. The molecule has 2 rings (SSSR count). The highest BCUT2D eigenvalue weighted by Gasteiger charge is 2.08. The van der Waals surface area contributed by atoms with Crippen LogP contribution in [0.4, 0.5) is 0 Å². The van der Waals surface area contributed by atoms with Crippen LogP contribution in [-0.4, -0.2) is 11.1 Å². The van der Waals surface area contributed by atoms with Gasteiger partial charge in [0.25, 0.3) is 0 Å². The molecule has 0 unspecified atom stereocenters. The van der Waals surface area contributed by atoms with Gasteiger partial charge in [0.05, 0.1) is 5.56 Å². The molecule has 2 aromatic rings. The van der Waals surface area contributed by atoms with Gasteiger partial charge in [-0.15, -0.1) is 12.4 Å². The Hall–Kier alpha value is -1.06. The minimum atomic E-state index is -0.895. The molecule has 2 aromatic carbocycles. The first-order valence-electron chi connectivity index (χ1n) is 4.10. The highest BCUT2D eigenvalue weighted by molar-refractivity contribution is 9.10. The lowest BCUT2D eigenvalue weighted by atomic mass is 10.1. The molecule has 0 aliphatic rings. The van der Waals surface area contributed by atoms with Gasteiger partial charge in [0.1, 0.15) is 0 Å². The Morgan fingerprint density at radius 3 is 2.33 bits per heavy atom. The Balaban J connectivity index is 0.00000112. The van der Waals surface area contributed by atoms with Crippen molar-refractivity contribution in [3.05, 3.63) is 46.4 Å². The van der Waals surface area contributed by atoms with E-state index in [1.807, 2.05) is 24.3 Å². The largest absolute Gasteiger partial charge is 0.478 e. The van der Waals surface area contributed by atoms with Crippen LogP contribution >= 0.6 is 28.3 Å². The monoisotopic (exact) mass is 286 g/mol. The van der Waals surface area contributed by atoms with Gasteiger partial charge in [-0.05, 0) is 22.9 Å². The van der Waals surface area contributed by atoms with Crippen molar-refractivity contribution in [2.24, 2.45) is 0 Å². The van der Waals surface area contributed by atoms with E-state index in [2.05, 4.69) is 15.9 Å². The lowest BCUT2D eigenvalue weighted by Crippen LogP contribution is -1.96. The zero-order valence-electron chi connectivity index (χ0n) is 7.61. The Morgan fingerprint density at radius 1 is 1.07 bits per heavy atom. The van der Waals surface area contributed by atoms with Gasteiger partial charge in [0.15, 0.2) is 0 Å². The van der Waals surface area contributed by atoms with Crippen molar-refractivity contribution in [2.45, 2.75) is 0 Å². The van der Waals surface area contributed by atoms with Crippen molar-refractivity contribution in [2.75, 3.05) is 0 Å². The van der Waals surface area contributed by atoms with Crippen molar-refractivity contribution in [1.82, 2.24) is 0 Å². The second kappa shape index (κ2) is 4.64. The van der Waals surface area contributed by atoms with Crippen molar-refractivity contribution < 1.29 is 9.90 Å². The maximum absolute atomic E-state index is 10.9. The standard InChI is InChI=1S/C11H7BrO2.ClH/c12-10-6-2-3-7-8(10)4-1-5-9(7)11(13)14;/h1-6H,(H,13,14);1H. The molecule has 0 saturated carbocycles. The Kier molecular flexibility index (Phi) is 3.72. The fraction of sp³-hybridized carbons (Fsp3) is 0. The van der Waals surface area contributed by atoms with E-state index in [9.17, 15) is 4.79 Å². The summed E-state index contributed by atoms with van der Waals surface area (Å²) in [7, 11) is 0. The van der Waals surface area contributed by atoms with E-state index < -0.39 is 5.97 Å². The van der Waals surface area contributed by atoms with Crippen molar-refractivity contribution >= 4 is 45.1 Å². The molecular weight excluding hydrogens is 279 g/mol. The molecule has 1 N–H and O–H groups in total. The van der Waals surface area contributed by atoms with Crippen LogP contribution in [0, 0.1) is 0 Å². The first-order chi connectivity index (χ1) is 6.70. The summed E-state index contributed by atoms with van der Waals surface area (Å²) in [6.07, 6.45) is 0. The van der Waals surface area contributed by atoms with Gasteiger partial charge in [-0.25, -0.2) is 4.79 Å². The number of aromatic carboxylic acids is 1. The molecule has 0 bridgehead atoms. The quantitative estimate of drug-likeness (QED) is 0.868. The van der Waals surface area contributed by atoms with Gasteiger partial charge in [-0.3, -0.25) is 0 Å². The normalized spacial score (nSPS) is 9.67. The van der Waals surface area contributed by atoms with Crippen LogP contribution in [0.25, 0.3) is 10.8 Å². The lowest BCUT2D eigenvalue weighted by Gasteiger charge is -2.03. The Bertz CT molecular complexity index is 511. The number of rotatable bonds is 1. The summed E-state index contributed by atoms with van der Waals surface area (Å²) in [6, 6.07) is 10.8. The van der Waals surface area contributed by atoms with Gasteiger partial charge >= 0.3 is 5.97 Å². The van der Waals surface area contributed by atoms with Crippen LogP contribution < -0.4 is 0 Å². The summed E-state index contributed by atoms with van der Waals surface area (Å²) in [4.78, 5) is 10.9. The first-order valence-corrected chi connectivity index (χ1v) is 4.90. The number of carbonyl (C=O) groups is 1. The average molecular weight is 288 g/mol. The molecule has 0 heterocycles. The Morgan fingerprint density at radius 2 is 1.67 bits per heavy atom. The van der Waals surface area contributed by atoms with Crippen molar-refractivity contribution in [1.29, 1.82) is 0 Å². The molecule has 0 amide bonds. The predicted molar refractivity (Wildman–Crippen MR) is 65.9 cm³/mol. The number of hydrogen-bond acceptors (Lipinski definition) is 1. The maximum atomic E-state index is 10.9. The summed E-state index contributed by atoms with van der Waals surface area (Å²) in [5.74, 6) is -0.895. The van der Waals surface area contributed by atoms with E-state index in [-0.39, 0.29) is 12.4 Å². The summed E-state index contributed by atoms with van der Waals surface area (Å²) in [5, 5.41) is 10.6. The predicted octanol–water partition coefficient (Wildman–Crippen LogP) is 3.72. The number of hydrogen-bond donors (Lipinski definition) is 1. The number of fused-ring (bicyclic) bond motifs is 1. The number of halogens is 2.